The Kier molecular flexibility index (Phi) is 5.88. The number of Topliss-reactive ketones (excluding diaryl/α,β-unsaturated/α-hetero) is 1. The first-order valence-electron chi connectivity index (χ1n) is 4.20. The number of hydrogen-bond donors (Lipinski definition) is 3. The van der Waals surface area contributed by atoms with Gasteiger partial charge in [0, 0.05) is 12.3 Å². The minimum Gasteiger partial charge on any atom is -0.481 e. The number of nitrogens with two attached hydrogens (primary N) is 1. The molecule has 0 aliphatic rings. The molecular formula is C8H12ClNO5. The van der Waals surface area contributed by atoms with Crippen LogP contribution in [0.1, 0.15) is 12.8 Å². The van der Waals surface area contributed by atoms with E-state index in [-0.39, 0.29) is 12.3 Å². The molecule has 4 N–H and O–H groups in total. The number of carboxylic acids is 2. The van der Waals surface area contributed by atoms with Crippen molar-refractivity contribution in [3.05, 3.63) is 0 Å². The summed E-state index contributed by atoms with van der Waals surface area (Å²) < 4.78 is 0. The van der Waals surface area contributed by atoms with Gasteiger partial charge >= 0.3 is 11.9 Å². The number of ketones is 1. The second kappa shape index (κ2) is 6.36. The van der Waals surface area contributed by atoms with Crippen LogP contribution in [-0.4, -0.2) is 39.9 Å². The molecule has 0 aliphatic carbocycles. The van der Waals surface area contributed by atoms with Gasteiger partial charge < -0.3 is 15.9 Å². The van der Waals surface area contributed by atoms with Crippen molar-refractivity contribution < 1.29 is 24.6 Å². The lowest BCUT2D eigenvalue weighted by molar-refractivity contribution is -0.147. The second-order valence-electron chi connectivity index (χ2n) is 2.98. The van der Waals surface area contributed by atoms with Gasteiger partial charge in [0.1, 0.15) is 17.7 Å². The van der Waals surface area contributed by atoms with Gasteiger partial charge in [0.05, 0.1) is 0 Å². The van der Waals surface area contributed by atoms with Crippen LogP contribution in [0.25, 0.3) is 0 Å². The first-order chi connectivity index (χ1) is 6.90. The topological polar surface area (TPSA) is 118 Å². The molecule has 0 heterocycles. The van der Waals surface area contributed by atoms with Crippen LogP contribution in [0.15, 0.2) is 0 Å². The van der Waals surface area contributed by atoms with Gasteiger partial charge in [-0.15, -0.1) is 11.6 Å². The molecule has 0 rings (SSSR count). The molecule has 0 spiro atoms. The van der Waals surface area contributed by atoms with Gasteiger partial charge in [0.2, 0.25) is 0 Å². The second-order valence-corrected chi connectivity index (χ2v) is 3.35. The predicted octanol–water partition coefficient (Wildman–Crippen LogP) is -0.313. The predicted molar refractivity (Wildman–Crippen MR) is 51.7 cm³/mol. The van der Waals surface area contributed by atoms with Crippen molar-refractivity contribution in [3.8, 4) is 0 Å². The number of carboxylic acid groups (broad SMARTS) is 2. The first-order valence-corrected chi connectivity index (χ1v) is 4.73. The lowest BCUT2D eigenvalue weighted by Gasteiger charge is -2.12. The molecule has 0 radical (unpaired) electrons. The number of aliphatic carboxylic acids is 2. The zero-order valence-corrected chi connectivity index (χ0v) is 8.61. The molecule has 1 unspecified atom stereocenters. The van der Waals surface area contributed by atoms with Crippen molar-refractivity contribution in [3.63, 3.8) is 0 Å². The molecule has 0 aromatic carbocycles. The van der Waals surface area contributed by atoms with E-state index < -0.39 is 36.1 Å². The molecule has 0 fully saturated rings. The van der Waals surface area contributed by atoms with E-state index in [1.54, 1.807) is 0 Å². The van der Waals surface area contributed by atoms with Crippen LogP contribution in [0.2, 0.25) is 0 Å². The molecule has 15 heavy (non-hydrogen) atoms. The molecule has 0 amide bonds. The van der Waals surface area contributed by atoms with Gasteiger partial charge in [-0.25, -0.2) is 0 Å². The van der Waals surface area contributed by atoms with Crippen LogP contribution in [-0.2, 0) is 14.4 Å². The quantitative estimate of drug-likeness (QED) is 0.413. The van der Waals surface area contributed by atoms with Crippen molar-refractivity contribution in [1.29, 1.82) is 0 Å². The Balaban J connectivity index is 4.47. The van der Waals surface area contributed by atoms with Crippen molar-refractivity contribution in [2.45, 2.75) is 18.9 Å². The Morgan fingerprint density at radius 3 is 2.07 bits per heavy atom. The molecular weight excluding hydrogens is 226 g/mol. The van der Waals surface area contributed by atoms with E-state index in [9.17, 15) is 14.4 Å². The molecule has 0 aromatic rings. The highest BCUT2D eigenvalue weighted by molar-refractivity contribution is 6.19. The fourth-order valence-electron chi connectivity index (χ4n) is 0.992. The van der Waals surface area contributed by atoms with Crippen LogP contribution in [0.4, 0.5) is 0 Å². The van der Waals surface area contributed by atoms with Gasteiger partial charge in [0.15, 0.2) is 0 Å². The van der Waals surface area contributed by atoms with Crippen LogP contribution in [0.3, 0.4) is 0 Å². The van der Waals surface area contributed by atoms with Gasteiger partial charge in [-0.1, -0.05) is 0 Å². The van der Waals surface area contributed by atoms with E-state index in [1.165, 1.54) is 0 Å². The summed E-state index contributed by atoms with van der Waals surface area (Å²) in [6.45, 7) is 0. The number of hydrogen-bond acceptors (Lipinski definition) is 4. The minimum absolute atomic E-state index is 0.00488. The third kappa shape index (κ3) is 4.75. The summed E-state index contributed by atoms with van der Waals surface area (Å²) in [4.78, 5) is 32.3. The number of carbonyl (C=O) groups is 3. The SMILES string of the molecule is N[C@H](CC(C(=O)O)C(=O)CCCl)C(=O)O. The average Bonchev–Trinajstić information content (AvgIpc) is 2.13. The Morgan fingerprint density at radius 2 is 1.73 bits per heavy atom. The van der Waals surface area contributed by atoms with Gasteiger partial charge in [-0.2, -0.15) is 0 Å². The molecule has 0 bridgehead atoms. The standard InChI is InChI=1S/C8H12ClNO5/c9-2-1-6(11)4(7(12)13)3-5(10)8(14)15/h4-5H,1-3,10H2,(H,12,13)(H,14,15)/t4?,5-/m1/s1. The highest BCUT2D eigenvalue weighted by Gasteiger charge is 2.29. The Labute approximate surface area is 91.0 Å². The van der Waals surface area contributed by atoms with E-state index >= 15 is 0 Å². The number of rotatable bonds is 7. The molecule has 0 saturated heterocycles. The van der Waals surface area contributed by atoms with Crippen LogP contribution >= 0.6 is 11.6 Å². The summed E-state index contributed by atoms with van der Waals surface area (Å²) >= 11 is 5.28. The van der Waals surface area contributed by atoms with Crippen molar-refractivity contribution in [2.75, 3.05) is 5.88 Å². The third-order valence-corrected chi connectivity index (χ3v) is 2.02. The van der Waals surface area contributed by atoms with Gasteiger partial charge in [0.25, 0.3) is 0 Å². The smallest absolute Gasteiger partial charge is 0.320 e. The van der Waals surface area contributed by atoms with E-state index in [1.807, 2.05) is 0 Å². The van der Waals surface area contributed by atoms with Gasteiger partial charge in [-0.05, 0) is 6.42 Å². The lowest BCUT2D eigenvalue weighted by atomic mass is 9.94. The minimum atomic E-state index is -1.39. The molecule has 6 nitrogen and oxygen atoms in total. The molecule has 2 atom stereocenters. The Morgan fingerprint density at radius 1 is 1.20 bits per heavy atom. The summed E-state index contributed by atoms with van der Waals surface area (Å²) in [5.74, 6) is -4.70. The third-order valence-electron chi connectivity index (χ3n) is 1.83. The maximum absolute atomic E-state index is 11.2. The zero-order valence-electron chi connectivity index (χ0n) is 7.85. The number of halogens is 1. The van der Waals surface area contributed by atoms with E-state index in [0.717, 1.165) is 0 Å². The first kappa shape index (κ1) is 13.9. The Hall–Kier alpha value is -1.14. The zero-order chi connectivity index (χ0) is 12.0. The fourth-order valence-corrected chi connectivity index (χ4v) is 1.18. The lowest BCUT2D eigenvalue weighted by Crippen LogP contribution is -2.37. The maximum Gasteiger partial charge on any atom is 0.320 e. The number of carbonyl (C=O) groups excluding carboxylic acids is 1. The Bertz CT molecular complexity index is 268. The normalized spacial score (nSPS) is 14.3. The number of alkyl halides is 1. The molecule has 0 aliphatic heterocycles. The maximum atomic E-state index is 11.2. The van der Waals surface area contributed by atoms with Crippen LogP contribution in [0, 0.1) is 5.92 Å². The van der Waals surface area contributed by atoms with Crippen LogP contribution < -0.4 is 5.73 Å². The van der Waals surface area contributed by atoms with Crippen molar-refractivity contribution >= 4 is 29.3 Å². The molecule has 0 saturated carbocycles. The van der Waals surface area contributed by atoms with E-state index in [0.29, 0.717) is 0 Å². The van der Waals surface area contributed by atoms with Crippen LogP contribution in [0.5, 0.6) is 0 Å². The fraction of sp³-hybridized carbons (Fsp3) is 0.625. The largest absolute Gasteiger partial charge is 0.481 e. The van der Waals surface area contributed by atoms with Gasteiger partial charge in [-0.3, -0.25) is 14.4 Å². The monoisotopic (exact) mass is 237 g/mol. The molecule has 7 heteroatoms. The summed E-state index contributed by atoms with van der Waals surface area (Å²) in [5, 5.41) is 17.2. The van der Waals surface area contributed by atoms with Crippen molar-refractivity contribution in [2.24, 2.45) is 11.7 Å². The highest BCUT2D eigenvalue weighted by Crippen LogP contribution is 2.10. The van der Waals surface area contributed by atoms with E-state index in [4.69, 9.17) is 27.5 Å². The summed E-state index contributed by atoms with van der Waals surface area (Å²) in [5.41, 5.74) is 5.14. The summed E-state index contributed by atoms with van der Waals surface area (Å²) in [6, 6.07) is -1.36. The summed E-state index contributed by atoms with van der Waals surface area (Å²) in [7, 11) is 0. The van der Waals surface area contributed by atoms with E-state index in [2.05, 4.69) is 0 Å². The average molecular weight is 238 g/mol. The molecule has 86 valence electrons. The highest BCUT2D eigenvalue weighted by atomic mass is 35.5. The summed E-state index contributed by atoms with van der Waals surface area (Å²) in [6.07, 6.45) is -0.523. The molecule has 0 aromatic heterocycles. The van der Waals surface area contributed by atoms with Crippen molar-refractivity contribution in [1.82, 2.24) is 0 Å².